The van der Waals surface area contributed by atoms with Crippen LogP contribution in [0.15, 0.2) is 0 Å². The monoisotopic (exact) mass is 586 g/mol. The Morgan fingerprint density at radius 1 is 0.429 bits per heavy atom. The van der Waals surface area contributed by atoms with Gasteiger partial charge in [0.05, 0.1) is 26.5 Å². The zero-order valence-corrected chi connectivity index (χ0v) is 22.8. The minimum atomic E-state index is -0.986. The minimum Gasteiger partial charge on any atom is -0.130 e. The van der Waals surface area contributed by atoms with Crippen LogP contribution in [0.4, 0.5) is 0 Å². The van der Waals surface area contributed by atoms with Gasteiger partial charge in [-0.05, 0) is 5.90 Å². The Hall–Kier alpha value is 5.19. The number of hydrogen-bond donors (Lipinski definition) is 0. The Kier molecular flexibility index (Phi) is 25.1. The average Bonchev–Trinajstić information content (AvgIpc) is 2.27. The van der Waals surface area contributed by atoms with Crippen LogP contribution in [0.1, 0.15) is 0 Å². The quantitative estimate of drug-likeness (QED) is 0.176. The molecule has 0 aliphatic heterocycles. The molecular weight excluding hydrogens is 577 g/mol. The van der Waals surface area contributed by atoms with Gasteiger partial charge in [0, 0.05) is 30.0 Å². The van der Waals surface area contributed by atoms with Crippen molar-refractivity contribution in [1.29, 1.82) is 0 Å². The molecule has 0 atom stereocenters. The summed E-state index contributed by atoms with van der Waals surface area (Å²) in [6.07, 6.45) is 1.47. The molecule has 0 unspecified atom stereocenters. The van der Waals surface area contributed by atoms with Crippen LogP contribution in [0.2, 0.25) is 0 Å². The summed E-state index contributed by atoms with van der Waals surface area (Å²) in [7, 11) is -0.791. The van der Waals surface area contributed by atoms with Crippen LogP contribution in [0.3, 0.4) is 0 Å². The van der Waals surface area contributed by atoms with Crippen molar-refractivity contribution in [3.8, 4) is 0 Å². The van der Waals surface area contributed by atoms with Crippen LogP contribution in [0.25, 0.3) is 0 Å². The first-order valence-corrected chi connectivity index (χ1v) is 22.8. The number of hydrogen-bond acceptors (Lipinski definition) is 0. The molecule has 0 saturated carbocycles. The lowest BCUT2D eigenvalue weighted by Gasteiger charge is -2.25. The van der Waals surface area contributed by atoms with E-state index < -0.39 is 42.4 Å². The number of rotatable bonds is 10. The average molecular weight is 590 g/mol. The van der Waals surface area contributed by atoms with E-state index in [2.05, 4.69) is 11.6 Å². The highest BCUT2D eigenvalue weighted by Gasteiger charge is 2.23. The second kappa shape index (κ2) is 18.5. The second-order valence-electron chi connectivity index (χ2n) is 3.26. The van der Waals surface area contributed by atoms with Gasteiger partial charge in [-0.2, -0.15) is 0 Å². The first-order chi connectivity index (χ1) is 9.70. The summed E-state index contributed by atoms with van der Waals surface area (Å²) in [6, 6.07) is 0. The van der Waals surface area contributed by atoms with E-state index in [1.165, 1.54) is 6.38 Å². The largest absolute Gasteiger partial charge is 0.130 e. The van der Waals surface area contributed by atoms with Crippen LogP contribution in [-0.2, 0) is 0 Å². The molecule has 0 aliphatic carbocycles. The molecule has 0 aliphatic rings. The van der Waals surface area contributed by atoms with Gasteiger partial charge in [0.25, 0.3) is 0 Å². The van der Waals surface area contributed by atoms with Crippen LogP contribution in [-0.4, -0.2) is 35.9 Å². The fourth-order valence-corrected chi connectivity index (χ4v) is 26.1. The molecule has 15 heteroatoms. The van der Waals surface area contributed by atoms with Gasteiger partial charge in [0.2, 0.25) is 0 Å². The maximum absolute atomic E-state index is 5.93. The molecule has 0 rings (SSSR count). The van der Waals surface area contributed by atoms with Crippen molar-refractivity contribution < 1.29 is 0 Å². The summed E-state index contributed by atoms with van der Waals surface area (Å²) < 4.78 is 0. The summed E-state index contributed by atoms with van der Waals surface area (Å²) in [5.74, 6) is 4.13. The van der Waals surface area contributed by atoms with E-state index in [0.29, 0.717) is 0 Å². The van der Waals surface area contributed by atoms with Crippen molar-refractivity contribution in [3.63, 3.8) is 0 Å². The smallest absolute Gasteiger partial charge is 0.0898 e. The van der Waals surface area contributed by atoms with Gasteiger partial charge in [0.15, 0.2) is 0 Å². The SMILES string of the molecule is CCl.ClP(Cl)CP(CP(Cl)Cl)CP(CP(Cl)Cl)CP(Cl)Cl. The maximum Gasteiger partial charge on any atom is 0.0898 e. The van der Waals surface area contributed by atoms with Crippen molar-refractivity contribution in [1.82, 2.24) is 0 Å². The molecule has 0 N–H and O–H groups in total. The van der Waals surface area contributed by atoms with E-state index in [1.807, 2.05) is 0 Å². The van der Waals surface area contributed by atoms with Gasteiger partial charge in [-0.25, -0.2) is 0 Å². The Morgan fingerprint density at radius 3 is 0.762 bits per heavy atom. The lowest BCUT2D eigenvalue weighted by atomic mass is 11.8. The molecule has 0 bridgehead atoms. The van der Waals surface area contributed by atoms with Gasteiger partial charge in [0.1, 0.15) is 0 Å². The van der Waals surface area contributed by atoms with Crippen molar-refractivity contribution >= 4 is 144 Å². The van der Waals surface area contributed by atoms with E-state index in [9.17, 15) is 0 Å². The third kappa shape index (κ3) is 21.3. The summed E-state index contributed by atoms with van der Waals surface area (Å²) >= 11 is 52.1. The van der Waals surface area contributed by atoms with Crippen LogP contribution >= 0.6 is 144 Å². The normalized spacial score (nSPS) is 12.0. The molecule has 0 aromatic rings. The molecule has 0 aromatic carbocycles. The standard InChI is InChI=1S/C5H10Cl8P6.CH3Cl/c6-16(7)2-14(3-17(8)9)1-15(4-18(10)11)5-19(12)13;1-2/h1-5H2;1H3. The Morgan fingerprint density at radius 2 is 0.619 bits per heavy atom. The molecule has 0 amide bonds. The molecule has 0 radical (unpaired) electrons. The Balaban J connectivity index is 0. The minimum absolute atomic E-state index is 0.395. The molecule has 21 heavy (non-hydrogen) atoms. The first-order valence-electron chi connectivity index (χ1n) is 4.89. The van der Waals surface area contributed by atoms with Crippen molar-refractivity contribution in [2.24, 2.45) is 0 Å². The van der Waals surface area contributed by atoms with E-state index >= 15 is 0 Å². The molecule has 0 aromatic heterocycles. The Labute approximate surface area is 178 Å². The molecular formula is C6H13Cl9P6. The molecule has 0 spiro atoms. The van der Waals surface area contributed by atoms with Gasteiger partial charge >= 0.3 is 0 Å². The molecule has 0 fully saturated rings. The van der Waals surface area contributed by atoms with Gasteiger partial charge in [-0.1, -0.05) is 106 Å². The van der Waals surface area contributed by atoms with Gasteiger partial charge < -0.3 is 0 Å². The predicted octanol–water partition coefficient (Wildman–Crippen LogP) is 11.8. The zero-order valence-electron chi connectivity index (χ0n) is 10.6. The molecule has 0 heterocycles. The van der Waals surface area contributed by atoms with Gasteiger partial charge in [-0.3, -0.25) is 0 Å². The lowest BCUT2D eigenvalue weighted by Crippen LogP contribution is -1.92. The second-order valence-corrected chi connectivity index (χ2v) is 25.9. The highest BCUT2D eigenvalue weighted by atomic mass is 35.9. The van der Waals surface area contributed by atoms with Crippen LogP contribution in [0, 0.1) is 0 Å². The molecule has 0 nitrogen and oxygen atoms in total. The number of alkyl halides is 1. The summed E-state index contributed by atoms with van der Waals surface area (Å²) in [6.45, 7) is -3.95. The summed E-state index contributed by atoms with van der Waals surface area (Å²) in [5, 5.41) is 0. The van der Waals surface area contributed by atoms with E-state index in [1.54, 1.807) is 0 Å². The topological polar surface area (TPSA) is 0 Å². The van der Waals surface area contributed by atoms with Crippen molar-refractivity contribution in [3.05, 3.63) is 0 Å². The Bertz CT molecular complexity index is 191. The predicted molar refractivity (Wildman–Crippen MR) is 124 cm³/mol. The number of halogens is 9. The fourth-order valence-electron chi connectivity index (χ4n) is 1.16. The lowest BCUT2D eigenvalue weighted by molar-refractivity contribution is 1.84. The third-order valence-electron chi connectivity index (χ3n) is 1.63. The van der Waals surface area contributed by atoms with Crippen LogP contribution < -0.4 is 0 Å². The van der Waals surface area contributed by atoms with E-state index in [4.69, 9.17) is 89.9 Å². The van der Waals surface area contributed by atoms with Crippen molar-refractivity contribution in [2.75, 3.05) is 35.9 Å². The first kappa shape index (κ1) is 28.4. The molecule has 0 saturated heterocycles. The van der Waals surface area contributed by atoms with Gasteiger partial charge in [-0.15, -0.1) is 11.6 Å². The van der Waals surface area contributed by atoms with E-state index in [-0.39, 0.29) is 0 Å². The maximum atomic E-state index is 5.93. The third-order valence-corrected chi connectivity index (χ3v) is 22.3. The summed E-state index contributed by atoms with van der Waals surface area (Å²) in [4.78, 5) is 0. The summed E-state index contributed by atoms with van der Waals surface area (Å²) in [5.41, 5.74) is 0. The van der Waals surface area contributed by atoms with E-state index in [0.717, 1.165) is 29.5 Å². The highest BCUT2D eigenvalue weighted by Crippen LogP contribution is 2.72. The van der Waals surface area contributed by atoms with Crippen molar-refractivity contribution in [2.45, 2.75) is 0 Å². The highest BCUT2D eigenvalue weighted by molar-refractivity contribution is 8.14. The zero-order chi connectivity index (χ0) is 17.0. The molecule has 130 valence electrons. The fraction of sp³-hybridized carbons (Fsp3) is 1.00. The van der Waals surface area contributed by atoms with Crippen LogP contribution in [0.5, 0.6) is 0 Å².